The van der Waals surface area contributed by atoms with Gasteiger partial charge in [-0.25, -0.2) is 0 Å². The van der Waals surface area contributed by atoms with Crippen molar-refractivity contribution < 1.29 is 9.53 Å². The Hall–Kier alpha value is -3.98. The molecule has 1 aromatic heterocycles. The highest BCUT2D eigenvalue weighted by atomic mass is 79.9. The van der Waals surface area contributed by atoms with Crippen molar-refractivity contribution in [3.05, 3.63) is 105 Å². The molecular formula is C26H23BrN6O2. The molecule has 1 atom stereocenters. The van der Waals surface area contributed by atoms with E-state index >= 15 is 0 Å². The van der Waals surface area contributed by atoms with E-state index in [4.69, 9.17) is 4.74 Å². The summed E-state index contributed by atoms with van der Waals surface area (Å²) in [5, 5.41) is 18.2. The van der Waals surface area contributed by atoms with E-state index in [2.05, 4.69) is 42.1 Å². The van der Waals surface area contributed by atoms with Gasteiger partial charge in [-0.2, -0.15) is 4.68 Å². The van der Waals surface area contributed by atoms with Gasteiger partial charge in [-0.05, 0) is 71.3 Å². The fourth-order valence-corrected chi connectivity index (χ4v) is 4.28. The summed E-state index contributed by atoms with van der Waals surface area (Å²) in [6.07, 6.45) is 0. The van der Waals surface area contributed by atoms with Gasteiger partial charge in [0, 0.05) is 15.9 Å². The second-order valence-corrected chi connectivity index (χ2v) is 9.18. The zero-order valence-corrected chi connectivity index (χ0v) is 20.8. The molecule has 0 saturated heterocycles. The van der Waals surface area contributed by atoms with Crippen LogP contribution in [0.4, 0.5) is 11.6 Å². The normalized spacial score (nSPS) is 14.8. The van der Waals surface area contributed by atoms with Crippen molar-refractivity contribution in [2.75, 3.05) is 10.6 Å². The number of tetrazole rings is 1. The van der Waals surface area contributed by atoms with E-state index < -0.39 is 6.04 Å². The molecule has 1 unspecified atom stereocenters. The molecule has 176 valence electrons. The Balaban J connectivity index is 1.41. The first kappa shape index (κ1) is 22.8. The molecule has 5 rings (SSSR count). The van der Waals surface area contributed by atoms with E-state index in [0.717, 1.165) is 32.6 Å². The van der Waals surface area contributed by atoms with Crippen molar-refractivity contribution in [2.24, 2.45) is 0 Å². The molecule has 1 aliphatic heterocycles. The minimum atomic E-state index is -0.495. The summed E-state index contributed by atoms with van der Waals surface area (Å²) in [6, 6.07) is 22.8. The number of aromatic nitrogens is 4. The number of anilines is 2. The highest BCUT2D eigenvalue weighted by Gasteiger charge is 2.34. The van der Waals surface area contributed by atoms with Crippen molar-refractivity contribution in [2.45, 2.75) is 26.5 Å². The number of rotatable bonds is 6. The number of hydrogen-bond acceptors (Lipinski definition) is 6. The number of carbonyl (C=O) groups is 1. The van der Waals surface area contributed by atoms with Gasteiger partial charge in [0.25, 0.3) is 5.91 Å². The van der Waals surface area contributed by atoms with E-state index in [1.807, 2.05) is 86.6 Å². The number of para-hydroxylation sites is 1. The molecule has 0 saturated carbocycles. The van der Waals surface area contributed by atoms with Gasteiger partial charge in [0.1, 0.15) is 18.4 Å². The molecule has 0 radical (unpaired) electrons. The van der Waals surface area contributed by atoms with Crippen molar-refractivity contribution in [3.8, 4) is 5.75 Å². The Morgan fingerprint density at radius 3 is 2.54 bits per heavy atom. The average molecular weight is 531 g/mol. The third kappa shape index (κ3) is 4.81. The molecule has 0 bridgehead atoms. The number of aryl methyl sites for hydroxylation is 1. The van der Waals surface area contributed by atoms with E-state index in [-0.39, 0.29) is 5.91 Å². The van der Waals surface area contributed by atoms with Gasteiger partial charge in [0.2, 0.25) is 5.95 Å². The molecule has 2 heterocycles. The summed E-state index contributed by atoms with van der Waals surface area (Å²) >= 11 is 3.44. The summed E-state index contributed by atoms with van der Waals surface area (Å²) < 4.78 is 8.60. The molecule has 0 aliphatic carbocycles. The van der Waals surface area contributed by atoms with Gasteiger partial charge < -0.3 is 15.4 Å². The highest BCUT2D eigenvalue weighted by Crippen LogP contribution is 2.35. The number of hydrogen-bond donors (Lipinski definition) is 2. The van der Waals surface area contributed by atoms with Gasteiger partial charge in [0.15, 0.2) is 0 Å². The maximum absolute atomic E-state index is 13.5. The van der Waals surface area contributed by atoms with Gasteiger partial charge >= 0.3 is 0 Å². The first-order chi connectivity index (χ1) is 17.0. The van der Waals surface area contributed by atoms with Crippen LogP contribution in [0.5, 0.6) is 5.75 Å². The lowest BCUT2D eigenvalue weighted by atomic mass is 9.95. The third-order valence-electron chi connectivity index (χ3n) is 5.87. The minimum Gasteiger partial charge on any atom is -0.489 e. The average Bonchev–Trinajstić information content (AvgIpc) is 3.32. The molecule has 0 fully saturated rings. The molecule has 0 spiro atoms. The zero-order valence-electron chi connectivity index (χ0n) is 19.2. The number of carbonyl (C=O) groups excluding carboxylic acids is 1. The van der Waals surface area contributed by atoms with Gasteiger partial charge in [-0.1, -0.05) is 63.5 Å². The Kier molecular flexibility index (Phi) is 6.33. The second kappa shape index (κ2) is 9.71. The van der Waals surface area contributed by atoms with Crippen LogP contribution in [0.3, 0.4) is 0 Å². The molecular weight excluding hydrogens is 508 g/mol. The summed E-state index contributed by atoms with van der Waals surface area (Å²) in [7, 11) is 0. The first-order valence-electron chi connectivity index (χ1n) is 11.1. The van der Waals surface area contributed by atoms with Crippen LogP contribution in [0.1, 0.15) is 29.7 Å². The molecule has 8 nitrogen and oxygen atoms in total. The van der Waals surface area contributed by atoms with Crippen molar-refractivity contribution in [3.63, 3.8) is 0 Å². The molecule has 2 N–H and O–H groups in total. The number of amides is 1. The van der Waals surface area contributed by atoms with Crippen LogP contribution in [0.25, 0.3) is 0 Å². The predicted octanol–water partition coefficient (Wildman–Crippen LogP) is 5.25. The van der Waals surface area contributed by atoms with Crippen LogP contribution < -0.4 is 15.4 Å². The minimum absolute atomic E-state index is 0.217. The van der Waals surface area contributed by atoms with E-state index in [1.54, 1.807) is 4.68 Å². The van der Waals surface area contributed by atoms with Crippen LogP contribution in [0.2, 0.25) is 0 Å². The maximum atomic E-state index is 13.5. The van der Waals surface area contributed by atoms with E-state index in [1.165, 1.54) is 0 Å². The van der Waals surface area contributed by atoms with Crippen molar-refractivity contribution in [1.29, 1.82) is 0 Å². The Morgan fingerprint density at radius 1 is 1.06 bits per heavy atom. The highest BCUT2D eigenvalue weighted by molar-refractivity contribution is 9.10. The maximum Gasteiger partial charge on any atom is 0.255 e. The SMILES string of the molecule is CC1=C(C(=O)Nc2ccccc2C)C(c2ccc(OCc3ccc(Br)cc3)cc2)n2nnnc2N1. The van der Waals surface area contributed by atoms with Gasteiger partial charge in [0.05, 0.1) is 5.57 Å². The molecule has 4 aromatic rings. The summed E-state index contributed by atoms with van der Waals surface area (Å²) in [6.45, 7) is 4.27. The molecule has 3 aromatic carbocycles. The molecule has 1 amide bonds. The van der Waals surface area contributed by atoms with Gasteiger partial charge in [-0.3, -0.25) is 4.79 Å². The number of ether oxygens (including phenoxy) is 1. The zero-order chi connectivity index (χ0) is 24.4. The summed E-state index contributed by atoms with van der Waals surface area (Å²) in [5.41, 5.74) is 4.91. The predicted molar refractivity (Wildman–Crippen MR) is 137 cm³/mol. The summed E-state index contributed by atoms with van der Waals surface area (Å²) in [5.74, 6) is 0.996. The number of halogens is 1. The number of benzene rings is 3. The van der Waals surface area contributed by atoms with Crippen LogP contribution in [-0.2, 0) is 11.4 Å². The van der Waals surface area contributed by atoms with E-state index in [0.29, 0.717) is 23.8 Å². The number of allylic oxidation sites excluding steroid dienone is 1. The first-order valence-corrected chi connectivity index (χ1v) is 11.9. The van der Waals surface area contributed by atoms with E-state index in [9.17, 15) is 4.79 Å². The fraction of sp³-hybridized carbons (Fsp3) is 0.154. The second-order valence-electron chi connectivity index (χ2n) is 8.27. The lowest BCUT2D eigenvalue weighted by Crippen LogP contribution is -2.31. The largest absolute Gasteiger partial charge is 0.489 e. The summed E-state index contributed by atoms with van der Waals surface area (Å²) in [4.78, 5) is 13.5. The topological polar surface area (TPSA) is 94.0 Å². The smallest absolute Gasteiger partial charge is 0.255 e. The number of nitrogens with zero attached hydrogens (tertiary/aromatic N) is 4. The van der Waals surface area contributed by atoms with Crippen molar-refractivity contribution in [1.82, 2.24) is 20.2 Å². The molecule has 1 aliphatic rings. The standard InChI is InChI=1S/C26H23BrN6O2/c1-16-5-3-4-6-22(16)29-25(34)23-17(2)28-26-30-31-32-33(26)24(23)19-9-13-21(14-10-19)35-15-18-7-11-20(27)12-8-18/h3-14,24H,15H2,1-2H3,(H,29,34)(H,28,30,32). The van der Waals surface area contributed by atoms with Crippen molar-refractivity contribution >= 4 is 33.5 Å². The van der Waals surface area contributed by atoms with Crippen LogP contribution >= 0.6 is 15.9 Å². The van der Waals surface area contributed by atoms with Gasteiger partial charge in [-0.15, -0.1) is 0 Å². The Labute approximate surface area is 211 Å². The third-order valence-corrected chi connectivity index (χ3v) is 6.40. The van der Waals surface area contributed by atoms with Crippen LogP contribution in [-0.4, -0.2) is 26.1 Å². The Morgan fingerprint density at radius 2 is 1.80 bits per heavy atom. The number of fused-ring (bicyclic) bond motifs is 1. The Bertz CT molecular complexity index is 1400. The quantitative estimate of drug-likeness (QED) is 0.353. The fourth-order valence-electron chi connectivity index (χ4n) is 4.01. The molecule has 35 heavy (non-hydrogen) atoms. The molecule has 9 heteroatoms. The number of nitrogens with one attached hydrogen (secondary N) is 2. The van der Waals surface area contributed by atoms with Crippen LogP contribution in [0.15, 0.2) is 88.5 Å². The lowest BCUT2D eigenvalue weighted by molar-refractivity contribution is -0.113. The monoisotopic (exact) mass is 530 g/mol. The lowest BCUT2D eigenvalue weighted by Gasteiger charge is -2.28. The van der Waals surface area contributed by atoms with Crippen LogP contribution in [0, 0.1) is 6.92 Å².